The number of fused-ring (bicyclic) bond motifs is 1. The fourth-order valence-electron chi connectivity index (χ4n) is 2.79. The second kappa shape index (κ2) is 7.84. The summed E-state index contributed by atoms with van der Waals surface area (Å²) in [6.07, 6.45) is 1.74. The molecule has 0 saturated heterocycles. The highest BCUT2D eigenvalue weighted by Crippen LogP contribution is 2.30. The number of nitrogens with zero attached hydrogens (tertiary/aromatic N) is 3. The van der Waals surface area contributed by atoms with E-state index < -0.39 is 0 Å². The van der Waals surface area contributed by atoms with E-state index in [-0.39, 0.29) is 0 Å². The minimum atomic E-state index is 0.359. The standard InChI is InChI=1S/C22H13BrClN3S/c1-13-2-4-14(5-3-13)20-12-28-22(27-20)17(11-25)9-16-8-15-10-18(23)6-7-19(15)26-21(16)24/h2-10,12H,1H3/b17-9+. The first-order chi connectivity index (χ1) is 13.5. The van der Waals surface area contributed by atoms with Crippen molar-refractivity contribution in [1.29, 1.82) is 5.26 Å². The summed E-state index contributed by atoms with van der Waals surface area (Å²) in [4.78, 5) is 9.07. The molecule has 0 aliphatic rings. The molecule has 0 N–H and O–H groups in total. The van der Waals surface area contributed by atoms with Crippen LogP contribution in [0.4, 0.5) is 0 Å². The zero-order valence-corrected chi connectivity index (χ0v) is 17.9. The highest BCUT2D eigenvalue weighted by Gasteiger charge is 2.11. The Hall–Kier alpha value is -2.52. The summed E-state index contributed by atoms with van der Waals surface area (Å²) in [6.45, 7) is 2.05. The molecule has 2 heterocycles. The topological polar surface area (TPSA) is 49.6 Å². The molecule has 2 aromatic heterocycles. The summed E-state index contributed by atoms with van der Waals surface area (Å²) < 4.78 is 0.960. The first-order valence-electron chi connectivity index (χ1n) is 8.44. The van der Waals surface area contributed by atoms with Gasteiger partial charge in [0.25, 0.3) is 0 Å². The third kappa shape index (κ3) is 3.85. The van der Waals surface area contributed by atoms with E-state index in [2.05, 4.69) is 32.0 Å². The Morgan fingerprint density at radius 3 is 2.68 bits per heavy atom. The molecule has 0 atom stereocenters. The van der Waals surface area contributed by atoms with Crippen LogP contribution in [0.5, 0.6) is 0 Å². The van der Waals surface area contributed by atoms with Gasteiger partial charge in [-0.2, -0.15) is 5.26 Å². The molecule has 0 fully saturated rings. The summed E-state index contributed by atoms with van der Waals surface area (Å²) >= 11 is 11.3. The maximum absolute atomic E-state index is 9.68. The van der Waals surface area contributed by atoms with Crippen LogP contribution in [0.25, 0.3) is 33.8 Å². The molecule has 0 amide bonds. The number of pyridine rings is 1. The molecule has 0 radical (unpaired) electrons. The Balaban J connectivity index is 1.74. The zero-order chi connectivity index (χ0) is 19.7. The SMILES string of the molecule is Cc1ccc(-c2csc(/C(C#N)=C/c3cc4cc(Br)ccc4nc3Cl)n2)cc1. The number of hydrogen-bond acceptors (Lipinski definition) is 4. The third-order valence-electron chi connectivity index (χ3n) is 4.26. The molecule has 4 aromatic rings. The number of allylic oxidation sites excluding steroid dienone is 1. The molecule has 4 rings (SSSR count). The second-order valence-electron chi connectivity index (χ2n) is 6.28. The van der Waals surface area contributed by atoms with Gasteiger partial charge in [-0.15, -0.1) is 11.3 Å². The molecule has 0 saturated carbocycles. The molecule has 0 unspecified atom stereocenters. The van der Waals surface area contributed by atoms with E-state index in [0.29, 0.717) is 21.3 Å². The lowest BCUT2D eigenvalue weighted by Crippen LogP contribution is -1.87. The van der Waals surface area contributed by atoms with E-state index in [1.54, 1.807) is 6.08 Å². The van der Waals surface area contributed by atoms with Crippen molar-refractivity contribution in [3.05, 3.63) is 79.7 Å². The van der Waals surface area contributed by atoms with Gasteiger partial charge in [-0.25, -0.2) is 9.97 Å². The lowest BCUT2D eigenvalue weighted by molar-refractivity contribution is 1.36. The lowest BCUT2D eigenvalue weighted by Gasteiger charge is -2.03. The molecule has 136 valence electrons. The van der Waals surface area contributed by atoms with E-state index in [1.807, 2.05) is 60.8 Å². The van der Waals surface area contributed by atoms with Gasteiger partial charge >= 0.3 is 0 Å². The first kappa shape index (κ1) is 18.8. The molecule has 6 heteroatoms. The lowest BCUT2D eigenvalue weighted by atomic mass is 10.1. The third-order valence-corrected chi connectivity index (χ3v) is 5.93. The number of rotatable bonds is 3. The maximum atomic E-state index is 9.68. The Morgan fingerprint density at radius 2 is 1.93 bits per heavy atom. The number of thiazole rings is 1. The summed E-state index contributed by atoms with van der Waals surface area (Å²) in [7, 11) is 0. The van der Waals surface area contributed by atoms with Gasteiger partial charge < -0.3 is 0 Å². The van der Waals surface area contributed by atoms with E-state index >= 15 is 0 Å². The van der Waals surface area contributed by atoms with Crippen LogP contribution in [-0.2, 0) is 0 Å². The number of aryl methyl sites for hydroxylation is 1. The minimum Gasteiger partial charge on any atom is -0.235 e. The van der Waals surface area contributed by atoms with Crippen molar-refractivity contribution < 1.29 is 0 Å². The molecular weight excluding hydrogens is 454 g/mol. The van der Waals surface area contributed by atoms with Gasteiger partial charge in [0, 0.05) is 26.4 Å². The number of benzene rings is 2. The van der Waals surface area contributed by atoms with Gasteiger partial charge in [-0.1, -0.05) is 57.4 Å². The molecule has 28 heavy (non-hydrogen) atoms. The van der Waals surface area contributed by atoms with E-state index in [0.717, 1.165) is 26.6 Å². The second-order valence-corrected chi connectivity index (χ2v) is 8.41. The maximum Gasteiger partial charge on any atom is 0.137 e. The van der Waals surface area contributed by atoms with Gasteiger partial charge in [-0.05, 0) is 37.3 Å². The molecule has 0 aliphatic heterocycles. The number of halogens is 2. The normalized spacial score (nSPS) is 11.6. The smallest absolute Gasteiger partial charge is 0.137 e. The van der Waals surface area contributed by atoms with Crippen molar-refractivity contribution in [3.63, 3.8) is 0 Å². The molecule has 0 aliphatic carbocycles. The fraction of sp³-hybridized carbons (Fsp3) is 0.0455. The fourth-order valence-corrected chi connectivity index (χ4v) is 4.17. The average molecular weight is 467 g/mol. The summed E-state index contributed by atoms with van der Waals surface area (Å²) in [5, 5.41) is 13.6. The Bertz CT molecular complexity index is 1250. The van der Waals surface area contributed by atoms with Crippen molar-refractivity contribution in [2.45, 2.75) is 6.92 Å². The summed E-state index contributed by atoms with van der Waals surface area (Å²) in [5.74, 6) is 0. The van der Waals surface area contributed by atoms with Crippen molar-refractivity contribution >= 4 is 61.4 Å². The number of nitriles is 1. The van der Waals surface area contributed by atoms with Gasteiger partial charge in [0.2, 0.25) is 0 Å². The molecule has 0 spiro atoms. The largest absolute Gasteiger partial charge is 0.235 e. The van der Waals surface area contributed by atoms with Gasteiger partial charge in [0.15, 0.2) is 0 Å². The number of hydrogen-bond donors (Lipinski definition) is 0. The first-order valence-corrected chi connectivity index (χ1v) is 10.5. The molecule has 0 bridgehead atoms. The minimum absolute atomic E-state index is 0.359. The Kier molecular flexibility index (Phi) is 5.27. The van der Waals surface area contributed by atoms with Crippen LogP contribution in [-0.4, -0.2) is 9.97 Å². The monoisotopic (exact) mass is 465 g/mol. The van der Waals surface area contributed by atoms with Crippen LogP contribution in [0, 0.1) is 18.3 Å². The van der Waals surface area contributed by atoms with Crippen LogP contribution in [0.1, 0.15) is 16.1 Å². The van der Waals surface area contributed by atoms with Crippen LogP contribution < -0.4 is 0 Å². The van der Waals surface area contributed by atoms with Crippen LogP contribution >= 0.6 is 38.9 Å². The Labute approximate surface area is 180 Å². The van der Waals surface area contributed by atoms with Gasteiger partial charge in [0.05, 0.1) is 16.8 Å². The van der Waals surface area contributed by atoms with Gasteiger partial charge in [0.1, 0.15) is 16.2 Å². The van der Waals surface area contributed by atoms with Crippen molar-refractivity contribution in [1.82, 2.24) is 9.97 Å². The predicted octanol–water partition coefficient (Wildman–Crippen LogP) is 7.15. The van der Waals surface area contributed by atoms with Crippen LogP contribution in [0.15, 0.2) is 58.4 Å². The quantitative estimate of drug-likeness (QED) is 0.238. The molecule has 2 aromatic carbocycles. The number of aromatic nitrogens is 2. The van der Waals surface area contributed by atoms with Crippen molar-refractivity contribution in [2.24, 2.45) is 0 Å². The van der Waals surface area contributed by atoms with E-state index in [1.165, 1.54) is 16.9 Å². The molecule has 3 nitrogen and oxygen atoms in total. The highest BCUT2D eigenvalue weighted by atomic mass is 79.9. The average Bonchev–Trinajstić information content (AvgIpc) is 3.17. The van der Waals surface area contributed by atoms with E-state index in [4.69, 9.17) is 11.6 Å². The molecular formula is C22H13BrClN3S. The van der Waals surface area contributed by atoms with Crippen molar-refractivity contribution in [2.75, 3.05) is 0 Å². The van der Waals surface area contributed by atoms with Crippen molar-refractivity contribution in [3.8, 4) is 17.3 Å². The van der Waals surface area contributed by atoms with E-state index in [9.17, 15) is 5.26 Å². The predicted molar refractivity (Wildman–Crippen MR) is 120 cm³/mol. The summed E-state index contributed by atoms with van der Waals surface area (Å²) in [6, 6.07) is 18.1. The van der Waals surface area contributed by atoms with Gasteiger partial charge in [-0.3, -0.25) is 0 Å². The highest BCUT2D eigenvalue weighted by molar-refractivity contribution is 9.10. The Morgan fingerprint density at radius 1 is 1.14 bits per heavy atom. The van der Waals surface area contributed by atoms with Crippen LogP contribution in [0.2, 0.25) is 5.15 Å². The van der Waals surface area contributed by atoms with Crippen LogP contribution in [0.3, 0.4) is 0 Å². The zero-order valence-electron chi connectivity index (χ0n) is 14.8. The summed E-state index contributed by atoms with van der Waals surface area (Å²) in [5.41, 5.74) is 5.03.